The van der Waals surface area contributed by atoms with Gasteiger partial charge in [0.1, 0.15) is 17.2 Å². The number of halogens is 1. The molecule has 10 nitrogen and oxygen atoms in total. The molecule has 3 N–H and O–H groups in total. The second-order valence-corrected chi connectivity index (χ2v) is 10.1. The summed E-state index contributed by atoms with van der Waals surface area (Å²) in [5.41, 5.74) is 1.11. The van der Waals surface area contributed by atoms with Crippen molar-refractivity contribution in [2.75, 3.05) is 44.0 Å². The number of nitrogens with one attached hydrogen (secondary N) is 3. The van der Waals surface area contributed by atoms with E-state index in [9.17, 15) is 8.42 Å². The lowest BCUT2D eigenvalue weighted by molar-refractivity contribution is 0.0730. The summed E-state index contributed by atoms with van der Waals surface area (Å²) in [5.74, 6) is 1.27. The van der Waals surface area contributed by atoms with Crippen molar-refractivity contribution in [1.82, 2.24) is 19.3 Å². The van der Waals surface area contributed by atoms with Gasteiger partial charge in [0, 0.05) is 31.4 Å². The van der Waals surface area contributed by atoms with E-state index in [0.29, 0.717) is 65.6 Å². The van der Waals surface area contributed by atoms with Gasteiger partial charge in [0.25, 0.3) is 0 Å². The Morgan fingerprint density at radius 1 is 1.30 bits per heavy atom. The van der Waals surface area contributed by atoms with Crippen LogP contribution < -0.4 is 15.4 Å². The summed E-state index contributed by atoms with van der Waals surface area (Å²) in [4.78, 5) is 12.3. The number of morpholine rings is 1. The molecule has 12 heteroatoms. The van der Waals surface area contributed by atoms with Gasteiger partial charge in [0.15, 0.2) is 0 Å². The fourth-order valence-corrected chi connectivity index (χ4v) is 5.14. The fraction of sp³-hybridized carbons (Fsp3) is 0.429. The Labute approximate surface area is 197 Å². The first-order chi connectivity index (χ1) is 15.8. The zero-order chi connectivity index (χ0) is 23.6. The quantitative estimate of drug-likeness (QED) is 0.434. The molecule has 1 saturated heterocycles. The van der Waals surface area contributed by atoms with Crippen LogP contribution in [-0.2, 0) is 14.8 Å². The molecule has 1 fully saturated rings. The van der Waals surface area contributed by atoms with E-state index in [1.54, 1.807) is 12.3 Å². The molecule has 1 aliphatic heterocycles. The molecule has 2 aromatic heterocycles. The molecule has 1 aromatic carbocycles. The number of hydrogen-bond acceptors (Lipinski definition) is 8. The van der Waals surface area contributed by atoms with Gasteiger partial charge in [-0.15, -0.1) is 0 Å². The zero-order valence-electron chi connectivity index (χ0n) is 18.7. The number of ether oxygens (including phenoxy) is 2. The maximum absolute atomic E-state index is 13.0. The number of hydrogen-bond donors (Lipinski definition) is 3. The van der Waals surface area contributed by atoms with Crippen molar-refractivity contribution in [3.8, 4) is 5.75 Å². The first-order valence-electron chi connectivity index (χ1n) is 10.7. The molecule has 0 amide bonds. The van der Waals surface area contributed by atoms with E-state index in [0.717, 1.165) is 6.42 Å². The van der Waals surface area contributed by atoms with Gasteiger partial charge in [-0.25, -0.2) is 8.42 Å². The molecule has 0 aliphatic carbocycles. The molecule has 1 atom stereocenters. The predicted octanol–water partition coefficient (Wildman–Crippen LogP) is 3.59. The number of H-pyrrole nitrogens is 1. The molecule has 0 unspecified atom stereocenters. The standard InChI is InChI=1S/C21H27ClN6O4S/c1-4-13(2)24-20-18-15(22)12-23-19(18)26-21(27-20)25-16-6-5-14(11-17(16)31-3)33(29,30)28-7-9-32-10-8-28/h5-6,11-13H,4,7-10H2,1-3H3,(H3,23,24,25,26,27)/t13-/m0/s1. The Morgan fingerprint density at radius 3 is 2.76 bits per heavy atom. The van der Waals surface area contributed by atoms with Gasteiger partial charge in [0.05, 0.1) is 41.3 Å². The van der Waals surface area contributed by atoms with Gasteiger partial charge < -0.3 is 25.1 Å². The molecule has 3 heterocycles. The summed E-state index contributed by atoms with van der Waals surface area (Å²) in [6.07, 6.45) is 2.57. The van der Waals surface area contributed by atoms with Gasteiger partial charge in [-0.05, 0) is 25.5 Å². The number of methoxy groups -OCH3 is 1. The number of fused-ring (bicyclic) bond motifs is 1. The van der Waals surface area contributed by atoms with Crippen LogP contribution in [0.5, 0.6) is 5.75 Å². The highest BCUT2D eigenvalue weighted by Crippen LogP contribution is 2.33. The largest absolute Gasteiger partial charge is 0.495 e. The van der Waals surface area contributed by atoms with Crippen molar-refractivity contribution in [3.63, 3.8) is 0 Å². The van der Waals surface area contributed by atoms with E-state index in [4.69, 9.17) is 21.1 Å². The average Bonchev–Trinajstić information content (AvgIpc) is 3.20. The van der Waals surface area contributed by atoms with E-state index in [1.165, 1.54) is 23.5 Å². The minimum Gasteiger partial charge on any atom is -0.495 e. The Bertz CT molecular complexity index is 1240. The maximum Gasteiger partial charge on any atom is 0.243 e. The van der Waals surface area contributed by atoms with E-state index < -0.39 is 10.0 Å². The zero-order valence-corrected chi connectivity index (χ0v) is 20.3. The first kappa shape index (κ1) is 23.6. The summed E-state index contributed by atoms with van der Waals surface area (Å²) < 4.78 is 38.1. The molecule has 1 aliphatic rings. The van der Waals surface area contributed by atoms with Gasteiger partial charge in [-0.1, -0.05) is 18.5 Å². The second kappa shape index (κ2) is 9.72. The second-order valence-electron chi connectivity index (χ2n) is 7.71. The van der Waals surface area contributed by atoms with Crippen molar-refractivity contribution in [2.45, 2.75) is 31.2 Å². The summed E-state index contributed by atoms with van der Waals surface area (Å²) >= 11 is 6.33. The third-order valence-electron chi connectivity index (χ3n) is 5.51. The molecule has 178 valence electrons. The first-order valence-corrected chi connectivity index (χ1v) is 12.5. The number of anilines is 3. The number of aromatic nitrogens is 3. The molecular formula is C21H27ClN6O4S. The van der Waals surface area contributed by atoms with Crippen LogP contribution in [0.4, 0.5) is 17.5 Å². The normalized spacial score (nSPS) is 16.0. The van der Waals surface area contributed by atoms with Crippen LogP contribution in [0.3, 0.4) is 0 Å². The van der Waals surface area contributed by atoms with E-state index >= 15 is 0 Å². The highest BCUT2D eigenvalue weighted by atomic mass is 35.5. The van der Waals surface area contributed by atoms with Crippen molar-refractivity contribution >= 4 is 50.1 Å². The van der Waals surface area contributed by atoms with Gasteiger partial charge in [-0.2, -0.15) is 14.3 Å². The van der Waals surface area contributed by atoms with Crippen molar-refractivity contribution in [3.05, 3.63) is 29.4 Å². The highest BCUT2D eigenvalue weighted by Gasteiger charge is 2.27. The SMILES string of the molecule is CC[C@H](C)Nc1nc(Nc2ccc(S(=O)(=O)N3CCOCC3)cc2OC)nc2[nH]cc(Cl)c12. The molecule has 0 radical (unpaired) electrons. The molecule has 3 aromatic rings. The average molecular weight is 495 g/mol. The predicted molar refractivity (Wildman–Crippen MR) is 128 cm³/mol. The molecule has 0 spiro atoms. The molecule has 0 bridgehead atoms. The Balaban J connectivity index is 1.66. The van der Waals surface area contributed by atoms with Crippen LogP contribution in [0.25, 0.3) is 11.0 Å². The van der Waals surface area contributed by atoms with Crippen molar-refractivity contribution in [1.29, 1.82) is 0 Å². The van der Waals surface area contributed by atoms with E-state index in [1.807, 2.05) is 0 Å². The highest BCUT2D eigenvalue weighted by molar-refractivity contribution is 7.89. The monoisotopic (exact) mass is 494 g/mol. The van der Waals surface area contributed by atoms with E-state index in [-0.39, 0.29) is 10.9 Å². The molecular weight excluding hydrogens is 468 g/mol. The number of benzene rings is 1. The minimum absolute atomic E-state index is 0.151. The summed E-state index contributed by atoms with van der Waals surface area (Å²) in [7, 11) is -2.17. The molecule has 33 heavy (non-hydrogen) atoms. The lowest BCUT2D eigenvalue weighted by Crippen LogP contribution is -2.40. The number of nitrogens with zero attached hydrogens (tertiary/aromatic N) is 3. The van der Waals surface area contributed by atoms with Crippen LogP contribution >= 0.6 is 11.6 Å². The summed E-state index contributed by atoms with van der Waals surface area (Å²) in [5, 5.41) is 7.73. The van der Waals surface area contributed by atoms with Gasteiger partial charge >= 0.3 is 0 Å². The number of sulfonamides is 1. The molecule has 4 rings (SSSR count). The Hall–Kier alpha value is -2.60. The van der Waals surface area contributed by atoms with Crippen LogP contribution in [0.15, 0.2) is 29.3 Å². The maximum atomic E-state index is 13.0. The Kier molecular flexibility index (Phi) is 6.94. The third kappa shape index (κ3) is 4.86. The number of rotatable bonds is 8. The van der Waals surface area contributed by atoms with Crippen molar-refractivity contribution < 1.29 is 17.9 Å². The lowest BCUT2D eigenvalue weighted by Gasteiger charge is -2.26. The summed E-state index contributed by atoms with van der Waals surface area (Å²) in [6, 6.07) is 4.86. The van der Waals surface area contributed by atoms with Crippen LogP contribution in [-0.4, -0.2) is 67.1 Å². The van der Waals surface area contributed by atoms with Crippen LogP contribution in [0.1, 0.15) is 20.3 Å². The Morgan fingerprint density at radius 2 is 2.06 bits per heavy atom. The fourth-order valence-electron chi connectivity index (χ4n) is 3.48. The smallest absolute Gasteiger partial charge is 0.243 e. The third-order valence-corrected chi connectivity index (χ3v) is 7.70. The minimum atomic E-state index is -3.65. The van der Waals surface area contributed by atoms with E-state index in [2.05, 4.69) is 39.4 Å². The van der Waals surface area contributed by atoms with Crippen molar-refractivity contribution in [2.24, 2.45) is 0 Å². The summed E-state index contributed by atoms with van der Waals surface area (Å²) in [6.45, 7) is 5.53. The number of aromatic amines is 1. The molecule has 0 saturated carbocycles. The topological polar surface area (TPSA) is 121 Å². The van der Waals surface area contributed by atoms with Gasteiger partial charge in [0.2, 0.25) is 16.0 Å². The van der Waals surface area contributed by atoms with Crippen LogP contribution in [0, 0.1) is 0 Å². The lowest BCUT2D eigenvalue weighted by atomic mass is 10.2. The van der Waals surface area contributed by atoms with Crippen LogP contribution in [0.2, 0.25) is 5.02 Å². The van der Waals surface area contributed by atoms with Gasteiger partial charge in [-0.3, -0.25) is 0 Å².